The van der Waals surface area contributed by atoms with Gasteiger partial charge in [-0.05, 0) is 43.2 Å². The first-order valence-electron chi connectivity index (χ1n) is 6.19. The van der Waals surface area contributed by atoms with Gasteiger partial charge in [0.2, 0.25) is 0 Å². The van der Waals surface area contributed by atoms with E-state index in [4.69, 9.17) is 0 Å². The third-order valence-electron chi connectivity index (χ3n) is 2.79. The maximum atomic E-state index is 12.7. The van der Waals surface area contributed by atoms with Crippen molar-refractivity contribution in [3.05, 3.63) is 57.5 Å². The van der Waals surface area contributed by atoms with Gasteiger partial charge in [-0.1, -0.05) is 12.1 Å². The highest BCUT2D eigenvalue weighted by molar-refractivity contribution is 7.15. The molecule has 20 heavy (non-hydrogen) atoms. The lowest BCUT2D eigenvalue weighted by Crippen LogP contribution is -2.24. The quantitative estimate of drug-likeness (QED) is 0.861. The van der Waals surface area contributed by atoms with Gasteiger partial charge in [-0.25, -0.2) is 4.39 Å². The third kappa shape index (κ3) is 3.74. The zero-order chi connectivity index (χ0) is 14.5. The predicted molar refractivity (Wildman–Crippen MR) is 76.8 cm³/mol. The second-order valence-corrected chi connectivity index (χ2v) is 5.44. The largest absolute Gasteiger partial charge is 0.351 e. The van der Waals surface area contributed by atoms with Crippen molar-refractivity contribution in [3.8, 4) is 0 Å². The van der Waals surface area contributed by atoms with Gasteiger partial charge in [-0.15, -0.1) is 11.3 Å². The summed E-state index contributed by atoms with van der Waals surface area (Å²) >= 11 is 1.19. The maximum absolute atomic E-state index is 12.7. The summed E-state index contributed by atoms with van der Waals surface area (Å²) in [5, 5.41) is 2.78. The molecular formula is C15H14FNO2S. The summed E-state index contributed by atoms with van der Waals surface area (Å²) in [6.45, 7) is 1.94. The second kappa shape index (κ2) is 6.43. The molecule has 1 heterocycles. The highest BCUT2D eigenvalue weighted by atomic mass is 32.1. The number of nitrogens with one attached hydrogen (secondary N) is 1. The molecule has 0 fully saturated rings. The van der Waals surface area contributed by atoms with Crippen LogP contribution in [0.3, 0.4) is 0 Å². The van der Waals surface area contributed by atoms with Crippen LogP contribution in [0, 0.1) is 5.82 Å². The molecule has 0 saturated heterocycles. The highest BCUT2D eigenvalue weighted by Gasteiger charge is 2.10. The number of hydrogen-bond donors (Lipinski definition) is 1. The van der Waals surface area contributed by atoms with Crippen molar-refractivity contribution in [3.63, 3.8) is 0 Å². The first-order valence-corrected chi connectivity index (χ1v) is 7.01. The maximum Gasteiger partial charge on any atom is 0.261 e. The highest BCUT2D eigenvalue weighted by Crippen LogP contribution is 2.16. The first-order chi connectivity index (χ1) is 9.56. The van der Waals surface area contributed by atoms with E-state index in [0.717, 1.165) is 5.56 Å². The minimum Gasteiger partial charge on any atom is -0.351 e. The fraction of sp³-hybridized carbons (Fsp3) is 0.200. The van der Waals surface area contributed by atoms with Crippen LogP contribution in [0.5, 0.6) is 0 Å². The Hall–Kier alpha value is -2.01. The number of hydrogen-bond acceptors (Lipinski definition) is 3. The van der Waals surface area contributed by atoms with Crippen LogP contribution in [-0.2, 0) is 6.42 Å². The van der Waals surface area contributed by atoms with Gasteiger partial charge in [0, 0.05) is 6.54 Å². The van der Waals surface area contributed by atoms with Crippen LogP contribution in [0.15, 0.2) is 36.4 Å². The Morgan fingerprint density at radius 3 is 2.35 bits per heavy atom. The minimum absolute atomic E-state index is 0.0413. The van der Waals surface area contributed by atoms with Gasteiger partial charge >= 0.3 is 0 Å². The molecule has 0 radical (unpaired) electrons. The van der Waals surface area contributed by atoms with Gasteiger partial charge in [0.15, 0.2) is 5.78 Å². The normalized spacial score (nSPS) is 10.3. The van der Waals surface area contributed by atoms with Crippen LogP contribution in [0.2, 0.25) is 0 Å². The SMILES string of the molecule is CC(=O)c1ccc(C(=O)NCCc2ccc(F)cc2)s1. The van der Waals surface area contributed by atoms with Crippen LogP contribution in [0.4, 0.5) is 4.39 Å². The van der Waals surface area contributed by atoms with Crippen LogP contribution in [-0.4, -0.2) is 18.2 Å². The average molecular weight is 291 g/mol. The third-order valence-corrected chi connectivity index (χ3v) is 3.97. The van der Waals surface area contributed by atoms with Crippen molar-refractivity contribution >= 4 is 23.0 Å². The van der Waals surface area contributed by atoms with Crippen molar-refractivity contribution in [1.82, 2.24) is 5.32 Å². The predicted octanol–water partition coefficient (Wildman–Crippen LogP) is 3.06. The molecule has 2 rings (SSSR count). The summed E-state index contributed by atoms with van der Waals surface area (Å²) in [4.78, 5) is 24.1. The van der Waals surface area contributed by atoms with E-state index >= 15 is 0 Å². The van der Waals surface area contributed by atoms with Crippen LogP contribution in [0.1, 0.15) is 31.8 Å². The Labute approximate surface area is 120 Å². The topological polar surface area (TPSA) is 46.2 Å². The zero-order valence-corrected chi connectivity index (χ0v) is 11.8. The van der Waals surface area contributed by atoms with E-state index < -0.39 is 0 Å². The Bertz CT molecular complexity index is 619. The molecule has 5 heteroatoms. The Kier molecular flexibility index (Phi) is 4.63. The molecular weight excluding hydrogens is 277 g/mol. The molecule has 0 bridgehead atoms. The lowest BCUT2D eigenvalue weighted by Gasteiger charge is -2.03. The number of Topliss-reactive ketones (excluding diaryl/α,β-unsaturated/α-hetero) is 1. The van der Waals surface area contributed by atoms with Gasteiger partial charge in [0.1, 0.15) is 5.82 Å². The Morgan fingerprint density at radius 1 is 1.10 bits per heavy atom. The van der Waals surface area contributed by atoms with Crippen LogP contribution in [0.25, 0.3) is 0 Å². The summed E-state index contributed by atoms with van der Waals surface area (Å²) in [5.41, 5.74) is 0.960. The number of amides is 1. The van der Waals surface area contributed by atoms with E-state index in [9.17, 15) is 14.0 Å². The summed E-state index contributed by atoms with van der Waals surface area (Å²) in [6.07, 6.45) is 0.636. The van der Waals surface area contributed by atoms with E-state index in [1.165, 1.54) is 30.4 Å². The number of carbonyl (C=O) groups excluding carboxylic acids is 2. The summed E-state index contributed by atoms with van der Waals surface area (Å²) < 4.78 is 12.7. The van der Waals surface area contributed by atoms with Crippen molar-refractivity contribution in [2.75, 3.05) is 6.54 Å². The van der Waals surface area contributed by atoms with E-state index in [1.54, 1.807) is 24.3 Å². The van der Waals surface area contributed by atoms with E-state index in [2.05, 4.69) is 5.32 Å². The van der Waals surface area contributed by atoms with Crippen molar-refractivity contribution in [2.24, 2.45) is 0 Å². The van der Waals surface area contributed by atoms with E-state index in [1.807, 2.05) is 0 Å². The number of halogens is 1. The Morgan fingerprint density at radius 2 is 1.75 bits per heavy atom. The number of benzene rings is 1. The molecule has 104 valence electrons. The summed E-state index contributed by atoms with van der Waals surface area (Å²) in [5.74, 6) is -0.502. The molecule has 1 N–H and O–H groups in total. The summed E-state index contributed by atoms with van der Waals surface area (Å²) in [6, 6.07) is 9.49. The Balaban J connectivity index is 1.85. The molecule has 2 aromatic rings. The molecule has 0 unspecified atom stereocenters. The van der Waals surface area contributed by atoms with Crippen molar-refractivity contribution < 1.29 is 14.0 Å². The van der Waals surface area contributed by atoms with Gasteiger partial charge < -0.3 is 5.32 Å². The molecule has 0 atom stereocenters. The monoisotopic (exact) mass is 291 g/mol. The minimum atomic E-state index is -0.270. The smallest absolute Gasteiger partial charge is 0.261 e. The zero-order valence-electron chi connectivity index (χ0n) is 11.0. The molecule has 1 amide bonds. The number of rotatable bonds is 5. The molecule has 1 aromatic carbocycles. The molecule has 0 aliphatic carbocycles. The second-order valence-electron chi connectivity index (χ2n) is 4.35. The summed E-state index contributed by atoms with van der Waals surface area (Å²) in [7, 11) is 0. The molecule has 1 aromatic heterocycles. The lowest BCUT2D eigenvalue weighted by atomic mass is 10.1. The van der Waals surface area contributed by atoms with E-state index in [0.29, 0.717) is 22.7 Å². The fourth-order valence-electron chi connectivity index (χ4n) is 1.71. The van der Waals surface area contributed by atoms with Crippen molar-refractivity contribution in [1.29, 1.82) is 0 Å². The van der Waals surface area contributed by atoms with Gasteiger partial charge in [-0.3, -0.25) is 9.59 Å². The molecule has 0 saturated carbocycles. The fourth-order valence-corrected chi connectivity index (χ4v) is 2.53. The first kappa shape index (κ1) is 14.4. The van der Waals surface area contributed by atoms with Gasteiger partial charge in [0.25, 0.3) is 5.91 Å². The van der Waals surface area contributed by atoms with Crippen LogP contribution >= 0.6 is 11.3 Å². The standard InChI is InChI=1S/C15H14FNO2S/c1-10(18)13-6-7-14(20-13)15(19)17-9-8-11-2-4-12(16)5-3-11/h2-7H,8-9H2,1H3,(H,17,19). The number of ketones is 1. The van der Waals surface area contributed by atoms with Gasteiger partial charge in [0.05, 0.1) is 9.75 Å². The lowest BCUT2D eigenvalue weighted by molar-refractivity contribution is 0.0957. The van der Waals surface area contributed by atoms with Crippen LogP contribution < -0.4 is 5.32 Å². The van der Waals surface area contributed by atoms with Gasteiger partial charge in [-0.2, -0.15) is 0 Å². The number of carbonyl (C=O) groups is 2. The molecule has 0 spiro atoms. The number of thiophene rings is 1. The van der Waals surface area contributed by atoms with E-state index in [-0.39, 0.29) is 17.5 Å². The van der Waals surface area contributed by atoms with Crippen molar-refractivity contribution in [2.45, 2.75) is 13.3 Å². The molecule has 0 aliphatic rings. The molecule has 0 aliphatic heterocycles. The molecule has 3 nitrogen and oxygen atoms in total. The average Bonchev–Trinajstić information content (AvgIpc) is 2.91.